The van der Waals surface area contributed by atoms with E-state index in [4.69, 9.17) is 11.6 Å². The van der Waals surface area contributed by atoms with Crippen molar-refractivity contribution >= 4 is 50.5 Å². The van der Waals surface area contributed by atoms with Crippen LogP contribution in [0.4, 0.5) is 30.2 Å². The Morgan fingerprint density at radius 1 is 1.03 bits per heavy atom. The van der Waals surface area contributed by atoms with E-state index in [1.165, 1.54) is 42.5 Å². The van der Waals surface area contributed by atoms with E-state index >= 15 is 0 Å². The summed E-state index contributed by atoms with van der Waals surface area (Å²) in [5.41, 5.74) is -0.747. The lowest BCUT2D eigenvalue weighted by Gasteiger charge is -2.36. The number of nitrogens with one attached hydrogen (secondary N) is 2. The number of fused-ring (bicyclic) bond motifs is 1. The minimum absolute atomic E-state index is 0.138. The average Bonchev–Trinajstić information content (AvgIpc) is 2.79. The van der Waals surface area contributed by atoms with Crippen LogP contribution in [0.3, 0.4) is 0 Å². The first-order valence-corrected chi connectivity index (χ1v) is 12.0. The standard InChI is InChI=1S/C23H17ClF3N3O4S/c24-15-8-10-17(11-9-15)35(33,34)30-19-7-2-1-6-18(19)29-22(32)20(30)13-21(31)28-16-5-3-4-14(12-16)23(25,26)27/h1-12,20H,13H2,(H,28,31)(H,29,32). The van der Waals surface area contributed by atoms with Gasteiger partial charge in [0.15, 0.2) is 0 Å². The minimum atomic E-state index is -4.61. The molecule has 7 nitrogen and oxygen atoms in total. The lowest BCUT2D eigenvalue weighted by atomic mass is 10.1. The zero-order chi connectivity index (χ0) is 25.4. The van der Waals surface area contributed by atoms with Crippen LogP contribution in [0.1, 0.15) is 12.0 Å². The summed E-state index contributed by atoms with van der Waals surface area (Å²) in [6.07, 6.45) is -5.26. The molecule has 0 radical (unpaired) electrons. The fourth-order valence-electron chi connectivity index (χ4n) is 3.62. The molecule has 1 atom stereocenters. The number of para-hydroxylation sites is 2. The van der Waals surface area contributed by atoms with Crippen LogP contribution in [-0.2, 0) is 25.8 Å². The maximum atomic E-state index is 13.6. The van der Waals surface area contributed by atoms with E-state index in [2.05, 4.69) is 10.6 Å². The molecule has 3 aromatic carbocycles. The fraction of sp³-hybridized carbons (Fsp3) is 0.130. The third kappa shape index (κ3) is 5.10. The monoisotopic (exact) mass is 523 g/mol. The van der Waals surface area contributed by atoms with Crippen LogP contribution in [0.2, 0.25) is 5.02 Å². The Bertz CT molecular complexity index is 1400. The van der Waals surface area contributed by atoms with Gasteiger partial charge in [-0.15, -0.1) is 0 Å². The Balaban J connectivity index is 1.68. The van der Waals surface area contributed by atoms with E-state index in [1.807, 2.05) is 0 Å². The molecule has 2 N–H and O–H groups in total. The van der Waals surface area contributed by atoms with Gasteiger partial charge in [0.25, 0.3) is 10.0 Å². The number of anilines is 3. The van der Waals surface area contributed by atoms with Crippen molar-refractivity contribution in [3.8, 4) is 0 Å². The first-order chi connectivity index (χ1) is 16.5. The van der Waals surface area contributed by atoms with Crippen molar-refractivity contribution in [2.75, 3.05) is 14.9 Å². The molecule has 12 heteroatoms. The molecule has 35 heavy (non-hydrogen) atoms. The normalized spacial score (nSPS) is 15.8. The predicted octanol–water partition coefficient (Wildman–Crippen LogP) is 4.90. The van der Waals surface area contributed by atoms with Crippen LogP contribution in [0.15, 0.2) is 77.7 Å². The van der Waals surface area contributed by atoms with Crippen LogP contribution < -0.4 is 14.9 Å². The molecular weight excluding hydrogens is 507 g/mol. The molecule has 182 valence electrons. The molecule has 0 spiro atoms. The number of benzene rings is 3. The van der Waals surface area contributed by atoms with Crippen LogP contribution in [0.25, 0.3) is 0 Å². The molecule has 0 aromatic heterocycles. The smallest absolute Gasteiger partial charge is 0.326 e. The van der Waals surface area contributed by atoms with Crippen molar-refractivity contribution in [1.29, 1.82) is 0 Å². The number of carbonyl (C=O) groups is 2. The van der Waals surface area contributed by atoms with E-state index in [0.29, 0.717) is 5.02 Å². The number of hydrogen-bond donors (Lipinski definition) is 2. The highest BCUT2D eigenvalue weighted by Gasteiger charge is 2.42. The Morgan fingerprint density at radius 2 is 1.71 bits per heavy atom. The molecule has 0 fully saturated rings. The second-order valence-electron chi connectivity index (χ2n) is 7.61. The summed E-state index contributed by atoms with van der Waals surface area (Å²) in [5, 5.41) is 5.19. The largest absolute Gasteiger partial charge is 0.416 e. The van der Waals surface area contributed by atoms with Gasteiger partial charge in [0, 0.05) is 10.7 Å². The summed E-state index contributed by atoms with van der Waals surface area (Å²) >= 11 is 5.87. The third-order valence-corrected chi connectivity index (χ3v) is 7.30. The van der Waals surface area contributed by atoms with E-state index < -0.39 is 46.0 Å². The first-order valence-electron chi connectivity index (χ1n) is 10.1. The fourth-order valence-corrected chi connectivity index (χ4v) is 5.37. The van der Waals surface area contributed by atoms with Crippen LogP contribution in [0, 0.1) is 0 Å². The number of rotatable bonds is 5. The van der Waals surface area contributed by atoms with Crippen molar-refractivity contribution in [2.45, 2.75) is 23.5 Å². The highest BCUT2D eigenvalue weighted by Crippen LogP contribution is 2.37. The maximum Gasteiger partial charge on any atom is 0.416 e. The molecule has 1 aliphatic rings. The van der Waals surface area contributed by atoms with E-state index in [1.54, 1.807) is 12.1 Å². The van der Waals surface area contributed by atoms with Crippen molar-refractivity contribution in [1.82, 2.24) is 0 Å². The second-order valence-corrected chi connectivity index (χ2v) is 9.86. The van der Waals surface area contributed by atoms with Gasteiger partial charge in [-0.1, -0.05) is 29.8 Å². The molecule has 1 heterocycles. The summed E-state index contributed by atoms with van der Waals surface area (Å²) in [6, 6.07) is 13.9. The molecule has 3 aromatic rings. The molecule has 1 aliphatic heterocycles. The lowest BCUT2D eigenvalue weighted by molar-refractivity contribution is -0.137. The molecule has 1 unspecified atom stereocenters. The van der Waals surface area contributed by atoms with Gasteiger partial charge in [0.05, 0.1) is 28.3 Å². The second kappa shape index (κ2) is 9.23. The first kappa shape index (κ1) is 24.6. The summed E-state index contributed by atoms with van der Waals surface area (Å²) in [7, 11) is -4.33. The topological polar surface area (TPSA) is 95.6 Å². The Labute approximate surface area is 203 Å². The van der Waals surface area contributed by atoms with Gasteiger partial charge in [0.1, 0.15) is 6.04 Å². The molecule has 0 saturated carbocycles. The highest BCUT2D eigenvalue weighted by atomic mass is 35.5. The molecule has 0 bridgehead atoms. The Morgan fingerprint density at radius 3 is 2.40 bits per heavy atom. The van der Waals surface area contributed by atoms with Crippen molar-refractivity contribution < 1.29 is 31.2 Å². The average molecular weight is 524 g/mol. The Hall–Kier alpha value is -3.57. The SMILES string of the molecule is O=C(CC1C(=O)Nc2ccccc2N1S(=O)(=O)c1ccc(Cl)cc1)Nc1cccc(C(F)(F)F)c1. The zero-order valence-corrected chi connectivity index (χ0v) is 19.3. The highest BCUT2D eigenvalue weighted by molar-refractivity contribution is 7.93. The molecule has 4 rings (SSSR count). The van der Waals surface area contributed by atoms with Crippen LogP contribution >= 0.6 is 11.6 Å². The number of nitrogens with zero attached hydrogens (tertiary/aromatic N) is 1. The summed E-state index contributed by atoms with van der Waals surface area (Å²) in [5.74, 6) is -1.61. The summed E-state index contributed by atoms with van der Waals surface area (Å²) in [4.78, 5) is 25.5. The maximum absolute atomic E-state index is 13.6. The van der Waals surface area contributed by atoms with Crippen molar-refractivity contribution in [3.05, 3.63) is 83.4 Å². The minimum Gasteiger partial charge on any atom is -0.326 e. The number of halogens is 4. The van der Waals surface area contributed by atoms with Crippen molar-refractivity contribution in [2.24, 2.45) is 0 Å². The molecule has 0 aliphatic carbocycles. The number of amides is 2. The number of alkyl halides is 3. The molecular formula is C23H17ClF3N3O4S. The van der Waals surface area contributed by atoms with Gasteiger partial charge in [0.2, 0.25) is 11.8 Å². The quantitative estimate of drug-likeness (QED) is 0.497. The Kier molecular flexibility index (Phi) is 6.48. The van der Waals surface area contributed by atoms with Gasteiger partial charge in [-0.2, -0.15) is 13.2 Å². The van der Waals surface area contributed by atoms with Crippen LogP contribution in [-0.4, -0.2) is 26.3 Å². The third-order valence-electron chi connectivity index (χ3n) is 5.21. The van der Waals surface area contributed by atoms with E-state index in [-0.39, 0.29) is 22.0 Å². The predicted molar refractivity (Wildman–Crippen MR) is 125 cm³/mol. The van der Waals surface area contributed by atoms with E-state index in [0.717, 1.165) is 22.5 Å². The van der Waals surface area contributed by atoms with Gasteiger partial charge >= 0.3 is 6.18 Å². The lowest BCUT2D eigenvalue weighted by Crippen LogP contribution is -2.52. The van der Waals surface area contributed by atoms with Gasteiger partial charge in [-0.3, -0.25) is 13.9 Å². The number of sulfonamides is 1. The molecule has 2 amide bonds. The van der Waals surface area contributed by atoms with Crippen molar-refractivity contribution in [3.63, 3.8) is 0 Å². The van der Waals surface area contributed by atoms with Gasteiger partial charge in [-0.05, 0) is 54.6 Å². The molecule has 0 saturated heterocycles. The van der Waals surface area contributed by atoms with Crippen LogP contribution in [0.5, 0.6) is 0 Å². The van der Waals surface area contributed by atoms with E-state index in [9.17, 15) is 31.2 Å². The summed E-state index contributed by atoms with van der Waals surface area (Å²) in [6.45, 7) is 0. The van der Waals surface area contributed by atoms with Gasteiger partial charge < -0.3 is 10.6 Å². The zero-order valence-electron chi connectivity index (χ0n) is 17.7. The number of carbonyl (C=O) groups excluding carboxylic acids is 2. The van der Waals surface area contributed by atoms with Gasteiger partial charge in [-0.25, -0.2) is 8.42 Å². The number of hydrogen-bond acceptors (Lipinski definition) is 4. The summed E-state index contributed by atoms with van der Waals surface area (Å²) < 4.78 is 66.9.